The van der Waals surface area contributed by atoms with Crippen LogP contribution in [0, 0.1) is 18.3 Å². The van der Waals surface area contributed by atoms with Gasteiger partial charge in [-0.2, -0.15) is 14.0 Å². The van der Waals surface area contributed by atoms with Crippen molar-refractivity contribution >= 4 is 33.4 Å². The van der Waals surface area contributed by atoms with E-state index in [0.29, 0.717) is 32.7 Å². The SMILES string of the molecule is Cc1nc(NC(=O)c2cccc(C#N)c2)sc1-c1nc2ccccc2n1C(F)F. The second-order valence-corrected chi connectivity index (χ2v) is 7.15. The fourth-order valence-electron chi connectivity index (χ4n) is 2.96. The van der Waals surface area contributed by atoms with Gasteiger partial charge in [-0.25, -0.2) is 9.97 Å². The van der Waals surface area contributed by atoms with E-state index in [1.165, 1.54) is 6.07 Å². The number of carbonyl (C=O) groups is 1. The molecule has 0 fully saturated rings. The van der Waals surface area contributed by atoms with Crippen LogP contribution in [0.1, 0.15) is 28.2 Å². The Balaban J connectivity index is 1.70. The Morgan fingerprint density at radius 1 is 1.21 bits per heavy atom. The van der Waals surface area contributed by atoms with Crippen LogP contribution in [0.3, 0.4) is 0 Å². The first kappa shape index (κ1) is 18.7. The zero-order valence-corrected chi connectivity index (χ0v) is 15.9. The van der Waals surface area contributed by atoms with Gasteiger partial charge in [0.2, 0.25) is 0 Å². The maximum Gasteiger partial charge on any atom is 0.320 e. The van der Waals surface area contributed by atoms with Crippen molar-refractivity contribution in [2.24, 2.45) is 0 Å². The van der Waals surface area contributed by atoms with Gasteiger partial charge in [0.05, 0.1) is 33.2 Å². The summed E-state index contributed by atoms with van der Waals surface area (Å²) in [6.07, 6.45) is 0. The van der Waals surface area contributed by atoms with Crippen LogP contribution in [-0.4, -0.2) is 20.4 Å². The number of nitrogens with one attached hydrogen (secondary N) is 1. The standard InChI is InChI=1S/C20H13F2N5OS/c1-11-16(17-25-14-7-2-3-8-15(14)27(17)19(21)22)29-20(24-11)26-18(28)13-6-4-5-12(9-13)10-23/h2-9,19H,1H3,(H,24,26,28). The number of alkyl halides is 2. The second kappa shape index (κ2) is 7.41. The largest absolute Gasteiger partial charge is 0.320 e. The molecule has 2 aromatic carbocycles. The van der Waals surface area contributed by atoms with Crippen LogP contribution in [0.2, 0.25) is 0 Å². The first-order valence-corrected chi connectivity index (χ1v) is 9.34. The number of hydrogen-bond acceptors (Lipinski definition) is 5. The van der Waals surface area contributed by atoms with Crippen LogP contribution < -0.4 is 5.32 Å². The zero-order chi connectivity index (χ0) is 20.5. The van der Waals surface area contributed by atoms with Crippen molar-refractivity contribution < 1.29 is 13.6 Å². The van der Waals surface area contributed by atoms with Gasteiger partial charge in [-0.05, 0) is 37.3 Å². The number of thiazole rings is 1. The lowest BCUT2D eigenvalue weighted by Crippen LogP contribution is -2.11. The summed E-state index contributed by atoms with van der Waals surface area (Å²) in [4.78, 5) is 21.5. The highest BCUT2D eigenvalue weighted by molar-refractivity contribution is 7.19. The van der Waals surface area contributed by atoms with Gasteiger partial charge in [0.25, 0.3) is 5.91 Å². The highest BCUT2D eigenvalue weighted by Gasteiger charge is 2.23. The lowest BCUT2D eigenvalue weighted by molar-refractivity contribution is 0.0764. The van der Waals surface area contributed by atoms with Crippen molar-refractivity contribution in [1.82, 2.24) is 14.5 Å². The van der Waals surface area contributed by atoms with Gasteiger partial charge in [0.1, 0.15) is 0 Å². The quantitative estimate of drug-likeness (QED) is 0.515. The van der Waals surface area contributed by atoms with Crippen molar-refractivity contribution in [3.8, 4) is 16.8 Å². The molecule has 4 rings (SSSR count). The minimum absolute atomic E-state index is 0.100. The van der Waals surface area contributed by atoms with E-state index in [4.69, 9.17) is 5.26 Å². The third-order valence-electron chi connectivity index (χ3n) is 4.26. The number of anilines is 1. The Labute approximate surface area is 168 Å². The van der Waals surface area contributed by atoms with Crippen molar-refractivity contribution in [2.75, 3.05) is 5.32 Å². The smallest absolute Gasteiger partial charge is 0.298 e. The van der Waals surface area contributed by atoms with Crippen molar-refractivity contribution in [3.63, 3.8) is 0 Å². The van der Waals surface area contributed by atoms with Gasteiger partial charge in [0, 0.05) is 5.56 Å². The monoisotopic (exact) mass is 409 g/mol. The number of halogens is 2. The van der Waals surface area contributed by atoms with Gasteiger partial charge in [-0.3, -0.25) is 14.7 Å². The summed E-state index contributed by atoms with van der Waals surface area (Å²) >= 11 is 1.07. The highest BCUT2D eigenvalue weighted by Crippen LogP contribution is 2.36. The predicted octanol–water partition coefficient (Wildman–Crippen LogP) is 4.99. The van der Waals surface area contributed by atoms with Gasteiger partial charge in [-0.15, -0.1) is 0 Å². The maximum absolute atomic E-state index is 13.7. The first-order chi connectivity index (χ1) is 14.0. The lowest BCUT2D eigenvalue weighted by atomic mass is 10.1. The number of nitrogens with zero attached hydrogens (tertiary/aromatic N) is 4. The zero-order valence-electron chi connectivity index (χ0n) is 15.1. The van der Waals surface area contributed by atoms with E-state index < -0.39 is 12.5 Å². The third-order valence-corrected chi connectivity index (χ3v) is 5.33. The van der Waals surface area contributed by atoms with E-state index >= 15 is 0 Å². The Hall–Kier alpha value is -3.64. The van der Waals surface area contributed by atoms with E-state index in [9.17, 15) is 13.6 Å². The first-order valence-electron chi connectivity index (χ1n) is 8.52. The van der Waals surface area contributed by atoms with Gasteiger partial charge in [0.15, 0.2) is 11.0 Å². The molecule has 4 aromatic rings. The molecule has 1 N–H and O–H groups in total. The molecular formula is C20H13F2N5OS. The molecule has 29 heavy (non-hydrogen) atoms. The molecule has 9 heteroatoms. The summed E-state index contributed by atoms with van der Waals surface area (Å²) in [7, 11) is 0. The van der Waals surface area contributed by atoms with E-state index in [1.807, 2.05) is 6.07 Å². The average molecular weight is 409 g/mol. The summed E-state index contributed by atoms with van der Waals surface area (Å²) in [6, 6.07) is 14.9. The molecule has 0 aliphatic heterocycles. The average Bonchev–Trinajstić information content (AvgIpc) is 3.27. The number of rotatable bonds is 4. The molecule has 0 aliphatic carbocycles. The lowest BCUT2D eigenvalue weighted by Gasteiger charge is -2.06. The van der Waals surface area contributed by atoms with Crippen LogP contribution in [0.4, 0.5) is 13.9 Å². The minimum Gasteiger partial charge on any atom is -0.298 e. The number of fused-ring (bicyclic) bond motifs is 1. The molecule has 144 valence electrons. The third kappa shape index (κ3) is 3.46. The summed E-state index contributed by atoms with van der Waals surface area (Å²) in [5, 5.41) is 11.9. The van der Waals surface area contributed by atoms with E-state index in [0.717, 1.165) is 15.9 Å². The number of nitriles is 1. The second-order valence-electron chi connectivity index (χ2n) is 6.15. The number of para-hydroxylation sites is 2. The number of benzene rings is 2. The van der Waals surface area contributed by atoms with Crippen LogP contribution >= 0.6 is 11.3 Å². The van der Waals surface area contributed by atoms with Crippen LogP contribution in [0.5, 0.6) is 0 Å². The Kier molecular flexibility index (Phi) is 4.78. The number of carbonyl (C=O) groups excluding carboxylic acids is 1. The molecule has 0 radical (unpaired) electrons. The molecule has 0 aliphatic rings. The van der Waals surface area contributed by atoms with Gasteiger partial charge in [-0.1, -0.05) is 29.5 Å². The molecule has 0 spiro atoms. The molecule has 2 heterocycles. The molecule has 6 nitrogen and oxygen atoms in total. The molecule has 0 atom stereocenters. The summed E-state index contributed by atoms with van der Waals surface area (Å²) in [5.74, 6) is -0.340. The molecule has 0 saturated heterocycles. The minimum atomic E-state index is -2.77. The van der Waals surface area contributed by atoms with E-state index in [1.54, 1.807) is 49.4 Å². The van der Waals surface area contributed by atoms with Gasteiger partial charge < -0.3 is 0 Å². The molecule has 0 unspecified atom stereocenters. The normalized spacial score (nSPS) is 11.0. The van der Waals surface area contributed by atoms with Crippen molar-refractivity contribution in [3.05, 3.63) is 65.4 Å². The predicted molar refractivity (Wildman–Crippen MR) is 106 cm³/mol. The molecule has 2 aromatic heterocycles. The molecule has 0 saturated carbocycles. The Morgan fingerprint density at radius 3 is 2.76 bits per heavy atom. The summed E-state index contributed by atoms with van der Waals surface area (Å²) in [5.41, 5.74) is 1.92. The highest BCUT2D eigenvalue weighted by atomic mass is 32.1. The van der Waals surface area contributed by atoms with Crippen LogP contribution in [-0.2, 0) is 0 Å². The number of hydrogen-bond donors (Lipinski definition) is 1. The Bertz CT molecular complexity index is 1270. The fraction of sp³-hybridized carbons (Fsp3) is 0.100. The van der Waals surface area contributed by atoms with Crippen LogP contribution in [0.25, 0.3) is 21.7 Å². The summed E-state index contributed by atoms with van der Waals surface area (Å²) in [6.45, 7) is -1.10. The van der Waals surface area contributed by atoms with Gasteiger partial charge >= 0.3 is 6.55 Å². The summed E-state index contributed by atoms with van der Waals surface area (Å²) < 4.78 is 28.3. The maximum atomic E-state index is 13.7. The van der Waals surface area contributed by atoms with Crippen LogP contribution in [0.15, 0.2) is 48.5 Å². The number of aromatic nitrogens is 3. The van der Waals surface area contributed by atoms with E-state index in [-0.39, 0.29) is 11.0 Å². The van der Waals surface area contributed by atoms with Crippen molar-refractivity contribution in [2.45, 2.75) is 13.5 Å². The van der Waals surface area contributed by atoms with Crippen molar-refractivity contribution in [1.29, 1.82) is 5.26 Å². The fourth-order valence-corrected chi connectivity index (χ4v) is 3.91. The number of amides is 1. The van der Waals surface area contributed by atoms with E-state index in [2.05, 4.69) is 15.3 Å². The Morgan fingerprint density at radius 2 is 2.00 bits per heavy atom. The topological polar surface area (TPSA) is 83.6 Å². The molecule has 0 bridgehead atoms. The molecular weight excluding hydrogens is 396 g/mol. The number of aryl methyl sites for hydroxylation is 1. The number of imidazole rings is 1. The molecule has 1 amide bonds.